The quantitative estimate of drug-likeness (QED) is 0.840. The highest BCUT2D eigenvalue weighted by Crippen LogP contribution is 2.39. The summed E-state index contributed by atoms with van der Waals surface area (Å²) in [6.07, 6.45) is 5.65. The van der Waals surface area contributed by atoms with Crippen LogP contribution >= 0.6 is 12.4 Å². The molecule has 0 saturated heterocycles. The lowest BCUT2D eigenvalue weighted by molar-refractivity contribution is 0.0755. The van der Waals surface area contributed by atoms with Crippen molar-refractivity contribution in [1.29, 1.82) is 0 Å². The largest absolute Gasteiger partial charge is 0.497 e. The van der Waals surface area contributed by atoms with E-state index in [9.17, 15) is 4.79 Å². The molecule has 146 valence electrons. The highest BCUT2D eigenvalue weighted by atomic mass is 35.5. The molecule has 2 unspecified atom stereocenters. The Hall–Kier alpha value is -1.85. The number of nitrogens with two attached hydrogens (primary N) is 1. The average Bonchev–Trinajstić information content (AvgIpc) is 2.61. The van der Waals surface area contributed by atoms with Gasteiger partial charge in [0.1, 0.15) is 5.75 Å². The minimum Gasteiger partial charge on any atom is -0.497 e. The van der Waals surface area contributed by atoms with Gasteiger partial charge in [0.25, 0.3) is 5.91 Å². The van der Waals surface area contributed by atoms with Gasteiger partial charge in [0.05, 0.1) is 23.9 Å². The smallest absolute Gasteiger partial charge is 0.253 e. The van der Waals surface area contributed by atoms with Gasteiger partial charge < -0.3 is 15.8 Å². The normalized spacial score (nSPS) is 26.9. The van der Waals surface area contributed by atoms with Crippen molar-refractivity contribution in [1.82, 2.24) is 10.3 Å². The third-order valence-electron chi connectivity index (χ3n) is 6.13. The number of amides is 1. The predicted molar refractivity (Wildman–Crippen MR) is 110 cm³/mol. The first-order valence-corrected chi connectivity index (χ1v) is 9.57. The zero-order chi connectivity index (χ0) is 18.3. The summed E-state index contributed by atoms with van der Waals surface area (Å²) in [5, 5.41) is 4.28. The van der Waals surface area contributed by atoms with Crippen LogP contribution in [-0.2, 0) is 0 Å². The summed E-state index contributed by atoms with van der Waals surface area (Å²) in [6.45, 7) is 1.89. The Morgan fingerprint density at radius 1 is 1.22 bits per heavy atom. The third kappa shape index (κ3) is 3.90. The first-order chi connectivity index (χ1) is 12.5. The molecule has 1 amide bonds. The topological polar surface area (TPSA) is 77.2 Å². The Balaban J connectivity index is 0.00000210. The second-order valence-corrected chi connectivity index (χ2v) is 7.86. The molecule has 2 saturated carbocycles. The summed E-state index contributed by atoms with van der Waals surface area (Å²) >= 11 is 0. The molecule has 0 spiro atoms. The molecule has 1 aromatic carbocycles. The molecule has 2 aromatic rings. The Labute approximate surface area is 166 Å². The number of hydrogen-bond acceptors (Lipinski definition) is 4. The lowest BCUT2D eigenvalue weighted by Crippen LogP contribution is -2.53. The van der Waals surface area contributed by atoms with Crippen LogP contribution in [0.25, 0.3) is 10.9 Å². The number of nitrogens with one attached hydrogen (secondary N) is 1. The number of halogens is 1. The summed E-state index contributed by atoms with van der Waals surface area (Å²) in [5.41, 5.74) is 8.47. The molecule has 4 rings (SSSR count). The van der Waals surface area contributed by atoms with E-state index in [-0.39, 0.29) is 30.4 Å². The van der Waals surface area contributed by atoms with Gasteiger partial charge in [-0.25, -0.2) is 0 Å². The van der Waals surface area contributed by atoms with Crippen LogP contribution in [-0.4, -0.2) is 30.1 Å². The second kappa shape index (κ2) is 8.03. The van der Waals surface area contributed by atoms with E-state index in [0.717, 1.165) is 35.2 Å². The number of carbonyl (C=O) groups excluding carboxylic acids is 1. The van der Waals surface area contributed by atoms with E-state index in [0.29, 0.717) is 17.4 Å². The van der Waals surface area contributed by atoms with E-state index in [4.69, 9.17) is 10.5 Å². The van der Waals surface area contributed by atoms with Crippen molar-refractivity contribution < 1.29 is 9.53 Å². The fourth-order valence-electron chi connectivity index (χ4n) is 4.85. The first-order valence-electron chi connectivity index (χ1n) is 9.57. The predicted octanol–water partition coefficient (Wildman–Crippen LogP) is 3.61. The number of benzene rings is 1. The van der Waals surface area contributed by atoms with Gasteiger partial charge in [0.15, 0.2) is 0 Å². The van der Waals surface area contributed by atoms with E-state index < -0.39 is 0 Å². The molecule has 2 aliphatic rings. The van der Waals surface area contributed by atoms with Crippen molar-refractivity contribution in [2.75, 3.05) is 7.11 Å². The van der Waals surface area contributed by atoms with Gasteiger partial charge in [-0.1, -0.05) is 6.42 Å². The van der Waals surface area contributed by atoms with E-state index in [2.05, 4.69) is 10.3 Å². The first kappa shape index (κ1) is 19.9. The molecule has 27 heavy (non-hydrogen) atoms. The summed E-state index contributed by atoms with van der Waals surface area (Å²) in [6, 6.07) is 8.23. The summed E-state index contributed by atoms with van der Waals surface area (Å²) in [4.78, 5) is 17.6. The summed E-state index contributed by atoms with van der Waals surface area (Å²) in [7, 11) is 1.64. The van der Waals surface area contributed by atoms with Crippen molar-refractivity contribution in [3.63, 3.8) is 0 Å². The molecule has 2 bridgehead atoms. The maximum atomic E-state index is 13.0. The van der Waals surface area contributed by atoms with E-state index in [1.165, 1.54) is 19.3 Å². The van der Waals surface area contributed by atoms with Crippen molar-refractivity contribution in [3.05, 3.63) is 35.5 Å². The second-order valence-electron chi connectivity index (χ2n) is 7.86. The molecule has 6 heteroatoms. The number of fused-ring (bicyclic) bond motifs is 3. The number of rotatable bonds is 3. The highest BCUT2D eigenvalue weighted by molar-refractivity contribution is 5.99. The summed E-state index contributed by atoms with van der Waals surface area (Å²) < 4.78 is 5.26. The van der Waals surface area contributed by atoms with Crippen LogP contribution < -0.4 is 15.8 Å². The Bertz CT molecular complexity index is 828. The number of ether oxygens (including phenoxy) is 1. The number of aryl methyl sites for hydroxylation is 1. The van der Waals surface area contributed by atoms with Crippen LogP contribution in [0.15, 0.2) is 24.3 Å². The van der Waals surface area contributed by atoms with Crippen LogP contribution in [0.2, 0.25) is 0 Å². The maximum absolute atomic E-state index is 13.0. The molecule has 3 N–H and O–H groups in total. The van der Waals surface area contributed by atoms with Crippen molar-refractivity contribution in [3.8, 4) is 5.75 Å². The van der Waals surface area contributed by atoms with Crippen molar-refractivity contribution in [2.24, 2.45) is 17.6 Å². The van der Waals surface area contributed by atoms with Gasteiger partial charge in [-0.15, -0.1) is 12.4 Å². The fraction of sp³-hybridized carbons (Fsp3) is 0.524. The van der Waals surface area contributed by atoms with Gasteiger partial charge in [-0.3, -0.25) is 9.78 Å². The minimum atomic E-state index is -0.00918. The number of aromatic nitrogens is 1. The van der Waals surface area contributed by atoms with Gasteiger partial charge in [0, 0.05) is 23.5 Å². The molecular weight excluding hydrogens is 362 g/mol. The molecule has 0 aliphatic heterocycles. The summed E-state index contributed by atoms with van der Waals surface area (Å²) in [5.74, 6) is 1.79. The van der Waals surface area contributed by atoms with Crippen molar-refractivity contribution in [2.45, 2.75) is 51.1 Å². The fourth-order valence-corrected chi connectivity index (χ4v) is 4.85. The van der Waals surface area contributed by atoms with Crippen LogP contribution in [0.5, 0.6) is 5.75 Å². The number of pyridine rings is 1. The van der Waals surface area contributed by atoms with Crippen LogP contribution in [0, 0.1) is 18.8 Å². The average molecular weight is 390 g/mol. The van der Waals surface area contributed by atoms with Crippen LogP contribution in [0.4, 0.5) is 0 Å². The molecule has 1 heterocycles. The Kier molecular flexibility index (Phi) is 5.92. The number of methoxy groups -OCH3 is 1. The molecule has 1 aromatic heterocycles. The SMILES string of the molecule is COc1ccc2cc(C(=O)NC3C4CCCC3CC(N)C4)c(C)nc2c1.Cl. The lowest BCUT2D eigenvalue weighted by Gasteiger charge is -2.45. The van der Waals surface area contributed by atoms with Gasteiger partial charge in [-0.05, 0) is 62.6 Å². The van der Waals surface area contributed by atoms with E-state index in [1.807, 2.05) is 31.2 Å². The molecule has 5 nitrogen and oxygen atoms in total. The van der Waals surface area contributed by atoms with E-state index in [1.54, 1.807) is 7.11 Å². The van der Waals surface area contributed by atoms with Crippen molar-refractivity contribution >= 4 is 29.2 Å². The zero-order valence-corrected chi connectivity index (χ0v) is 16.7. The van der Waals surface area contributed by atoms with Crippen LogP contribution in [0.1, 0.15) is 48.2 Å². The molecule has 2 aliphatic carbocycles. The lowest BCUT2D eigenvalue weighted by atomic mass is 9.67. The number of carbonyl (C=O) groups is 1. The molecule has 2 atom stereocenters. The number of nitrogens with zero attached hydrogens (tertiary/aromatic N) is 1. The highest BCUT2D eigenvalue weighted by Gasteiger charge is 2.40. The zero-order valence-electron chi connectivity index (χ0n) is 15.9. The Morgan fingerprint density at radius 3 is 2.59 bits per heavy atom. The Morgan fingerprint density at radius 2 is 1.93 bits per heavy atom. The van der Waals surface area contributed by atoms with Crippen LogP contribution in [0.3, 0.4) is 0 Å². The standard InChI is InChI=1S/C21H27N3O2.ClH/c1-12-18(10-13-6-7-17(26-2)11-19(13)23-12)21(25)24-20-14-4-3-5-15(20)9-16(22)8-14;/h6-7,10-11,14-16,20H,3-5,8-9,22H2,1-2H3,(H,24,25);1H. The molecule has 2 fully saturated rings. The van der Waals surface area contributed by atoms with Gasteiger partial charge in [0.2, 0.25) is 0 Å². The molecular formula is C21H28ClN3O2. The molecule has 0 radical (unpaired) electrons. The van der Waals surface area contributed by atoms with E-state index >= 15 is 0 Å². The monoisotopic (exact) mass is 389 g/mol. The van der Waals surface area contributed by atoms with Gasteiger partial charge in [-0.2, -0.15) is 0 Å². The number of hydrogen-bond donors (Lipinski definition) is 2. The van der Waals surface area contributed by atoms with Gasteiger partial charge >= 0.3 is 0 Å². The third-order valence-corrected chi connectivity index (χ3v) is 6.13. The minimum absolute atomic E-state index is 0. The maximum Gasteiger partial charge on any atom is 0.253 e.